The van der Waals surface area contributed by atoms with E-state index in [-0.39, 0.29) is 12.5 Å². The van der Waals surface area contributed by atoms with Crippen LogP contribution in [-0.4, -0.2) is 19.6 Å². The summed E-state index contributed by atoms with van der Waals surface area (Å²) in [6.07, 6.45) is 0.873. The van der Waals surface area contributed by atoms with Crippen molar-refractivity contribution in [2.45, 2.75) is 13.3 Å². The van der Waals surface area contributed by atoms with Crippen LogP contribution in [0.5, 0.6) is 5.75 Å². The van der Waals surface area contributed by atoms with Crippen LogP contribution in [0.4, 0.5) is 11.4 Å². The zero-order chi connectivity index (χ0) is 15.9. The van der Waals surface area contributed by atoms with Crippen molar-refractivity contribution in [3.05, 3.63) is 53.1 Å². The van der Waals surface area contributed by atoms with Gasteiger partial charge in [-0.25, -0.2) is 0 Å². The van der Waals surface area contributed by atoms with Crippen molar-refractivity contribution in [3.8, 4) is 5.75 Å². The summed E-state index contributed by atoms with van der Waals surface area (Å²) >= 11 is 6.05. The van der Waals surface area contributed by atoms with Crippen molar-refractivity contribution in [3.63, 3.8) is 0 Å². The van der Waals surface area contributed by atoms with Gasteiger partial charge in [0, 0.05) is 11.4 Å². The molecule has 0 fully saturated rings. The molecule has 2 aromatic rings. The number of para-hydroxylation sites is 1. The van der Waals surface area contributed by atoms with E-state index in [1.165, 1.54) is 0 Å². The van der Waals surface area contributed by atoms with Gasteiger partial charge < -0.3 is 15.4 Å². The van der Waals surface area contributed by atoms with Gasteiger partial charge in [-0.05, 0) is 36.2 Å². The highest BCUT2D eigenvalue weighted by Crippen LogP contribution is 2.27. The molecule has 22 heavy (non-hydrogen) atoms. The average Bonchev–Trinajstić information content (AvgIpc) is 2.53. The van der Waals surface area contributed by atoms with Crippen LogP contribution < -0.4 is 15.4 Å². The van der Waals surface area contributed by atoms with Gasteiger partial charge in [-0.2, -0.15) is 0 Å². The summed E-state index contributed by atoms with van der Waals surface area (Å²) in [5, 5.41) is 6.46. The van der Waals surface area contributed by atoms with Crippen LogP contribution in [0, 0.1) is 0 Å². The molecule has 0 aliphatic carbocycles. The smallest absolute Gasteiger partial charge is 0.243 e. The van der Waals surface area contributed by atoms with E-state index in [9.17, 15) is 4.79 Å². The summed E-state index contributed by atoms with van der Waals surface area (Å²) in [6.45, 7) is 2.23. The second kappa shape index (κ2) is 7.71. The van der Waals surface area contributed by atoms with Gasteiger partial charge in [-0.15, -0.1) is 0 Å². The van der Waals surface area contributed by atoms with Crippen LogP contribution in [0.2, 0.25) is 5.02 Å². The number of ether oxygens (including phenoxy) is 1. The predicted molar refractivity (Wildman–Crippen MR) is 90.9 cm³/mol. The number of halogens is 1. The molecule has 0 saturated heterocycles. The lowest BCUT2D eigenvalue weighted by atomic mass is 10.1. The van der Waals surface area contributed by atoms with Crippen LogP contribution >= 0.6 is 11.6 Å². The van der Waals surface area contributed by atoms with E-state index in [1.54, 1.807) is 19.2 Å². The number of methoxy groups -OCH3 is 1. The first-order valence-corrected chi connectivity index (χ1v) is 7.47. The molecule has 0 aromatic heterocycles. The highest BCUT2D eigenvalue weighted by Gasteiger charge is 2.06. The van der Waals surface area contributed by atoms with Crippen LogP contribution in [0.15, 0.2) is 42.5 Å². The number of carbonyl (C=O) groups is 1. The number of aryl methyl sites for hydroxylation is 1. The van der Waals surface area contributed by atoms with Crippen molar-refractivity contribution < 1.29 is 9.53 Å². The molecule has 2 aromatic carbocycles. The molecule has 0 spiro atoms. The maximum atomic E-state index is 12.0. The number of benzene rings is 2. The third-order valence-corrected chi connectivity index (χ3v) is 3.57. The first-order chi connectivity index (χ1) is 10.6. The first kappa shape index (κ1) is 16.2. The molecule has 2 N–H and O–H groups in total. The SMILES string of the molecule is CCc1ccccc1NC(=O)CNc1ccc(OC)c(Cl)c1. The number of amides is 1. The van der Waals surface area contributed by atoms with Gasteiger partial charge in [0.05, 0.1) is 18.7 Å². The van der Waals surface area contributed by atoms with Crippen LogP contribution in [0.3, 0.4) is 0 Å². The number of hydrogen-bond acceptors (Lipinski definition) is 3. The predicted octanol–water partition coefficient (Wildman–Crippen LogP) is 3.96. The third-order valence-electron chi connectivity index (χ3n) is 3.28. The molecule has 0 aliphatic rings. The van der Waals surface area contributed by atoms with Crippen molar-refractivity contribution in [2.75, 3.05) is 24.3 Å². The number of rotatable bonds is 6. The molecular formula is C17H19ClN2O2. The van der Waals surface area contributed by atoms with E-state index < -0.39 is 0 Å². The monoisotopic (exact) mass is 318 g/mol. The lowest BCUT2D eigenvalue weighted by Gasteiger charge is -2.11. The van der Waals surface area contributed by atoms with Gasteiger partial charge >= 0.3 is 0 Å². The fourth-order valence-electron chi connectivity index (χ4n) is 2.10. The molecule has 0 atom stereocenters. The molecule has 4 nitrogen and oxygen atoms in total. The van der Waals surface area contributed by atoms with Crippen molar-refractivity contribution >= 4 is 28.9 Å². The minimum Gasteiger partial charge on any atom is -0.495 e. The topological polar surface area (TPSA) is 50.4 Å². The molecule has 0 unspecified atom stereocenters. The molecule has 0 saturated carbocycles. The highest BCUT2D eigenvalue weighted by atomic mass is 35.5. The van der Waals surface area contributed by atoms with Gasteiger partial charge in [-0.1, -0.05) is 36.7 Å². The minimum atomic E-state index is -0.104. The van der Waals surface area contributed by atoms with Crippen LogP contribution in [0.1, 0.15) is 12.5 Å². The number of hydrogen-bond donors (Lipinski definition) is 2. The normalized spacial score (nSPS) is 10.1. The summed E-state index contributed by atoms with van der Waals surface area (Å²) in [6, 6.07) is 13.1. The van der Waals surface area contributed by atoms with Gasteiger partial charge in [0.15, 0.2) is 0 Å². The second-order valence-corrected chi connectivity index (χ2v) is 5.17. The van der Waals surface area contributed by atoms with Crippen molar-refractivity contribution in [1.82, 2.24) is 0 Å². The van der Waals surface area contributed by atoms with E-state index in [0.29, 0.717) is 10.8 Å². The van der Waals surface area contributed by atoms with E-state index in [0.717, 1.165) is 23.4 Å². The Hall–Kier alpha value is -2.20. The fourth-order valence-corrected chi connectivity index (χ4v) is 2.36. The van der Waals surface area contributed by atoms with E-state index in [4.69, 9.17) is 16.3 Å². The average molecular weight is 319 g/mol. The molecule has 0 radical (unpaired) electrons. The Morgan fingerprint density at radius 1 is 1.23 bits per heavy atom. The second-order valence-electron chi connectivity index (χ2n) is 4.76. The standard InChI is InChI=1S/C17H19ClN2O2/c1-3-12-6-4-5-7-15(12)20-17(21)11-19-13-8-9-16(22-2)14(18)10-13/h4-10,19H,3,11H2,1-2H3,(H,20,21). The zero-order valence-corrected chi connectivity index (χ0v) is 13.4. The Bertz CT molecular complexity index is 659. The highest BCUT2D eigenvalue weighted by molar-refractivity contribution is 6.32. The van der Waals surface area contributed by atoms with Gasteiger partial charge in [0.2, 0.25) is 5.91 Å². The molecule has 5 heteroatoms. The summed E-state index contributed by atoms with van der Waals surface area (Å²) < 4.78 is 5.09. The van der Waals surface area contributed by atoms with Gasteiger partial charge in [-0.3, -0.25) is 4.79 Å². The molecule has 0 bridgehead atoms. The Morgan fingerprint density at radius 3 is 2.68 bits per heavy atom. The van der Waals surface area contributed by atoms with Gasteiger partial charge in [0.25, 0.3) is 0 Å². The van der Waals surface area contributed by atoms with Crippen molar-refractivity contribution in [1.29, 1.82) is 0 Å². The summed E-state index contributed by atoms with van der Waals surface area (Å²) in [5.41, 5.74) is 2.73. The largest absolute Gasteiger partial charge is 0.495 e. The quantitative estimate of drug-likeness (QED) is 0.847. The molecule has 0 aliphatic heterocycles. The zero-order valence-electron chi connectivity index (χ0n) is 12.7. The lowest BCUT2D eigenvalue weighted by Crippen LogP contribution is -2.22. The number of carbonyl (C=O) groups excluding carboxylic acids is 1. The van der Waals surface area contributed by atoms with Crippen LogP contribution in [-0.2, 0) is 11.2 Å². The number of anilines is 2. The maximum Gasteiger partial charge on any atom is 0.243 e. The van der Waals surface area contributed by atoms with E-state index >= 15 is 0 Å². The Labute approximate surface area is 135 Å². The first-order valence-electron chi connectivity index (χ1n) is 7.09. The number of nitrogens with one attached hydrogen (secondary N) is 2. The molecule has 0 heterocycles. The Morgan fingerprint density at radius 2 is 2.00 bits per heavy atom. The third kappa shape index (κ3) is 4.15. The van der Waals surface area contributed by atoms with Crippen LogP contribution in [0.25, 0.3) is 0 Å². The minimum absolute atomic E-state index is 0.104. The summed E-state index contributed by atoms with van der Waals surface area (Å²) in [5.74, 6) is 0.501. The Balaban J connectivity index is 1.94. The van der Waals surface area contributed by atoms with E-state index in [1.807, 2.05) is 30.3 Å². The maximum absolute atomic E-state index is 12.0. The summed E-state index contributed by atoms with van der Waals surface area (Å²) in [4.78, 5) is 12.0. The lowest BCUT2D eigenvalue weighted by molar-refractivity contribution is -0.114. The van der Waals surface area contributed by atoms with E-state index in [2.05, 4.69) is 17.6 Å². The molecular weight excluding hydrogens is 300 g/mol. The van der Waals surface area contributed by atoms with Crippen molar-refractivity contribution in [2.24, 2.45) is 0 Å². The summed E-state index contributed by atoms with van der Waals surface area (Å²) in [7, 11) is 1.56. The van der Waals surface area contributed by atoms with Gasteiger partial charge in [0.1, 0.15) is 5.75 Å². The Kier molecular flexibility index (Phi) is 5.67. The molecule has 1 amide bonds. The molecule has 116 valence electrons. The molecule has 2 rings (SSSR count). The fraction of sp³-hybridized carbons (Fsp3) is 0.235.